The van der Waals surface area contributed by atoms with Crippen LogP contribution in [0.5, 0.6) is 0 Å². The molecule has 0 saturated carbocycles. The molecular weight excluding hydrogens is 202 g/mol. The lowest BCUT2D eigenvalue weighted by atomic mass is 10.1. The maximum Gasteiger partial charge on any atom is 0.306 e. The van der Waals surface area contributed by atoms with Crippen molar-refractivity contribution in [2.24, 2.45) is 7.05 Å². The van der Waals surface area contributed by atoms with Crippen LogP contribution in [0.25, 0.3) is 0 Å². The predicted molar refractivity (Wildman–Crippen MR) is 50.8 cm³/mol. The molecule has 7 heteroatoms. The van der Waals surface area contributed by atoms with Gasteiger partial charge in [0, 0.05) is 12.6 Å². The minimum atomic E-state index is -1.39. The second-order valence-corrected chi connectivity index (χ2v) is 3.22. The fraction of sp³-hybridized carbons (Fsp3) is 0.500. The average Bonchev–Trinajstić information content (AvgIpc) is 2.45. The smallest absolute Gasteiger partial charge is 0.306 e. The maximum absolute atomic E-state index is 10.3. The molecule has 2 unspecified atom stereocenters. The number of aryl methyl sites for hydroxylation is 1. The number of nitrogens with zero attached hydrogens (tertiary/aromatic N) is 2. The first-order valence-electron chi connectivity index (χ1n) is 4.28. The number of aromatic nitrogens is 2. The molecule has 0 saturated heterocycles. The lowest BCUT2D eigenvalue weighted by Crippen LogP contribution is -2.22. The standard InChI is InChI=1S/C8H13N3O4/c1-11-8(9)4(3-10-11)7(15)5(12)2-6(13)14/h3,5,7,12,15H,2,9H2,1H3,(H,13,14). The second-order valence-electron chi connectivity index (χ2n) is 3.22. The molecule has 1 rings (SSSR count). The van der Waals surface area contributed by atoms with E-state index in [2.05, 4.69) is 5.10 Å². The van der Waals surface area contributed by atoms with Gasteiger partial charge in [0.1, 0.15) is 11.9 Å². The number of rotatable bonds is 4. The predicted octanol–water partition coefficient (Wildman–Crippen LogP) is -1.13. The van der Waals surface area contributed by atoms with Crippen LogP contribution in [-0.2, 0) is 11.8 Å². The van der Waals surface area contributed by atoms with Gasteiger partial charge in [0.25, 0.3) is 0 Å². The van der Waals surface area contributed by atoms with Crippen LogP contribution in [0.4, 0.5) is 5.82 Å². The van der Waals surface area contributed by atoms with E-state index in [0.717, 1.165) is 0 Å². The molecule has 7 nitrogen and oxygen atoms in total. The summed E-state index contributed by atoms with van der Waals surface area (Å²) in [7, 11) is 1.58. The van der Waals surface area contributed by atoms with Gasteiger partial charge in [-0.1, -0.05) is 0 Å². The summed E-state index contributed by atoms with van der Waals surface area (Å²) in [4.78, 5) is 10.3. The van der Waals surface area contributed by atoms with Crippen molar-refractivity contribution >= 4 is 11.8 Å². The highest BCUT2D eigenvalue weighted by Gasteiger charge is 2.24. The van der Waals surface area contributed by atoms with E-state index in [1.807, 2.05) is 0 Å². The number of anilines is 1. The fourth-order valence-corrected chi connectivity index (χ4v) is 1.19. The first kappa shape index (κ1) is 11.5. The van der Waals surface area contributed by atoms with E-state index in [0.29, 0.717) is 0 Å². The lowest BCUT2D eigenvalue weighted by molar-refractivity contribution is -0.141. The van der Waals surface area contributed by atoms with E-state index >= 15 is 0 Å². The van der Waals surface area contributed by atoms with Crippen molar-refractivity contribution in [1.82, 2.24) is 9.78 Å². The summed E-state index contributed by atoms with van der Waals surface area (Å²) >= 11 is 0. The number of aliphatic carboxylic acids is 1. The Labute approximate surface area is 85.7 Å². The molecule has 0 aliphatic carbocycles. The second kappa shape index (κ2) is 4.28. The zero-order chi connectivity index (χ0) is 11.6. The Morgan fingerprint density at radius 3 is 2.67 bits per heavy atom. The minimum absolute atomic E-state index is 0.201. The van der Waals surface area contributed by atoms with Crippen LogP contribution in [0.3, 0.4) is 0 Å². The number of carboxylic acids is 1. The number of hydrogen-bond acceptors (Lipinski definition) is 5. The quantitative estimate of drug-likeness (QED) is 0.504. The molecule has 1 heterocycles. The molecule has 0 spiro atoms. The van der Waals surface area contributed by atoms with Gasteiger partial charge in [-0.25, -0.2) is 0 Å². The third kappa shape index (κ3) is 2.45. The third-order valence-corrected chi connectivity index (χ3v) is 2.08. The van der Waals surface area contributed by atoms with Crippen LogP contribution >= 0.6 is 0 Å². The normalized spacial score (nSPS) is 14.9. The van der Waals surface area contributed by atoms with Crippen molar-refractivity contribution in [3.8, 4) is 0 Å². The molecule has 5 N–H and O–H groups in total. The van der Waals surface area contributed by atoms with E-state index < -0.39 is 24.6 Å². The SMILES string of the molecule is Cn1ncc(C(O)C(O)CC(=O)O)c1N. The molecule has 0 radical (unpaired) electrons. The summed E-state index contributed by atoms with van der Waals surface area (Å²) in [6.07, 6.45) is -1.98. The van der Waals surface area contributed by atoms with Crippen LogP contribution in [0.1, 0.15) is 18.1 Å². The Hall–Kier alpha value is -1.60. The van der Waals surface area contributed by atoms with Crippen molar-refractivity contribution in [3.63, 3.8) is 0 Å². The van der Waals surface area contributed by atoms with Crippen molar-refractivity contribution in [2.75, 3.05) is 5.73 Å². The lowest BCUT2D eigenvalue weighted by Gasteiger charge is -2.15. The summed E-state index contributed by atoms with van der Waals surface area (Å²) in [5, 5.41) is 31.1. The minimum Gasteiger partial charge on any atom is -0.481 e. The van der Waals surface area contributed by atoms with Gasteiger partial charge < -0.3 is 21.1 Å². The Morgan fingerprint density at radius 1 is 1.67 bits per heavy atom. The largest absolute Gasteiger partial charge is 0.481 e. The Morgan fingerprint density at radius 2 is 2.27 bits per heavy atom. The molecular formula is C8H13N3O4. The van der Waals surface area contributed by atoms with E-state index in [1.54, 1.807) is 7.05 Å². The van der Waals surface area contributed by atoms with E-state index in [-0.39, 0.29) is 11.4 Å². The van der Waals surface area contributed by atoms with E-state index in [4.69, 9.17) is 10.8 Å². The number of carboxylic acid groups (broad SMARTS) is 1. The first-order chi connectivity index (χ1) is 6.93. The van der Waals surface area contributed by atoms with Crippen molar-refractivity contribution in [1.29, 1.82) is 0 Å². The third-order valence-electron chi connectivity index (χ3n) is 2.08. The molecule has 0 amide bonds. The Kier molecular flexibility index (Phi) is 3.28. The number of aliphatic hydroxyl groups is 2. The van der Waals surface area contributed by atoms with E-state index in [1.165, 1.54) is 10.9 Å². The van der Waals surface area contributed by atoms with E-state index in [9.17, 15) is 15.0 Å². The summed E-state index contributed by atoms with van der Waals surface area (Å²) in [6.45, 7) is 0. The summed E-state index contributed by atoms with van der Waals surface area (Å²) in [6, 6.07) is 0. The maximum atomic E-state index is 10.3. The Balaban J connectivity index is 2.80. The highest BCUT2D eigenvalue weighted by atomic mass is 16.4. The topological polar surface area (TPSA) is 122 Å². The van der Waals surface area contributed by atoms with Gasteiger partial charge in [0.05, 0.1) is 18.7 Å². The van der Waals surface area contributed by atoms with Gasteiger partial charge in [0.15, 0.2) is 0 Å². The van der Waals surface area contributed by atoms with Gasteiger partial charge in [-0.3, -0.25) is 9.48 Å². The van der Waals surface area contributed by atoms with Gasteiger partial charge in [0.2, 0.25) is 0 Å². The van der Waals surface area contributed by atoms with Gasteiger partial charge >= 0.3 is 5.97 Å². The van der Waals surface area contributed by atoms with Crippen LogP contribution in [0.15, 0.2) is 6.20 Å². The number of nitrogens with two attached hydrogens (primary N) is 1. The summed E-state index contributed by atoms with van der Waals surface area (Å²) < 4.78 is 1.33. The van der Waals surface area contributed by atoms with Crippen molar-refractivity contribution < 1.29 is 20.1 Å². The molecule has 0 bridgehead atoms. The number of nitrogen functional groups attached to an aromatic ring is 1. The highest BCUT2D eigenvalue weighted by Crippen LogP contribution is 2.23. The average molecular weight is 215 g/mol. The van der Waals surface area contributed by atoms with Gasteiger partial charge in [-0.2, -0.15) is 5.10 Å². The van der Waals surface area contributed by atoms with Crippen LogP contribution in [-0.4, -0.2) is 37.2 Å². The molecule has 1 aromatic heterocycles. The number of aliphatic hydroxyl groups excluding tert-OH is 2. The highest BCUT2D eigenvalue weighted by molar-refractivity contribution is 5.67. The van der Waals surface area contributed by atoms with Crippen LogP contribution < -0.4 is 5.73 Å². The molecule has 0 aliphatic heterocycles. The van der Waals surface area contributed by atoms with Gasteiger partial charge in [-0.05, 0) is 0 Å². The first-order valence-corrected chi connectivity index (χ1v) is 4.28. The molecule has 2 atom stereocenters. The van der Waals surface area contributed by atoms with Crippen LogP contribution in [0.2, 0.25) is 0 Å². The zero-order valence-electron chi connectivity index (χ0n) is 8.16. The molecule has 0 fully saturated rings. The Bertz CT molecular complexity index is 363. The van der Waals surface area contributed by atoms with Crippen LogP contribution in [0, 0.1) is 0 Å². The molecule has 1 aromatic rings. The molecule has 0 aromatic carbocycles. The van der Waals surface area contributed by atoms with Crippen molar-refractivity contribution in [3.05, 3.63) is 11.8 Å². The van der Waals surface area contributed by atoms with Gasteiger partial charge in [-0.15, -0.1) is 0 Å². The monoisotopic (exact) mass is 215 g/mol. The number of carbonyl (C=O) groups is 1. The zero-order valence-corrected chi connectivity index (χ0v) is 8.16. The molecule has 15 heavy (non-hydrogen) atoms. The fourth-order valence-electron chi connectivity index (χ4n) is 1.19. The number of hydrogen-bond donors (Lipinski definition) is 4. The van der Waals surface area contributed by atoms with Crippen molar-refractivity contribution in [2.45, 2.75) is 18.6 Å². The molecule has 84 valence electrons. The summed E-state index contributed by atoms with van der Waals surface area (Å²) in [5.41, 5.74) is 5.78. The molecule has 0 aliphatic rings. The summed E-state index contributed by atoms with van der Waals surface area (Å²) in [5.74, 6) is -0.990.